The van der Waals surface area contributed by atoms with Crippen molar-refractivity contribution in [3.05, 3.63) is 71.1 Å². The number of nitrogens with one attached hydrogen (secondary N) is 1. The number of thioether (sulfide) groups is 1. The molecule has 0 saturated heterocycles. The molecule has 4 rings (SSSR count). The van der Waals surface area contributed by atoms with Gasteiger partial charge in [0.15, 0.2) is 16.8 Å². The van der Waals surface area contributed by atoms with Gasteiger partial charge in [0, 0.05) is 29.8 Å². The van der Waals surface area contributed by atoms with Crippen LogP contribution < -0.4 is 10.1 Å². The molecule has 3 aromatic heterocycles. The smallest absolute Gasteiger partial charge is 0.236 e. The third-order valence-corrected chi connectivity index (χ3v) is 5.72. The zero-order valence-corrected chi connectivity index (χ0v) is 19.0. The molecule has 0 aliphatic rings. The van der Waals surface area contributed by atoms with Gasteiger partial charge in [0.1, 0.15) is 5.75 Å². The number of pyridine rings is 2. The molecule has 3 heterocycles. The third kappa shape index (κ3) is 5.01. The van der Waals surface area contributed by atoms with Crippen molar-refractivity contribution >= 4 is 46.7 Å². The number of halogens is 2. The van der Waals surface area contributed by atoms with Gasteiger partial charge in [0.2, 0.25) is 5.91 Å². The number of aromatic nitrogens is 5. The molecule has 1 N–H and O–H groups in total. The maximum atomic E-state index is 12.5. The van der Waals surface area contributed by atoms with E-state index in [2.05, 4.69) is 25.5 Å². The fourth-order valence-electron chi connectivity index (χ4n) is 2.82. The molecular weight excluding hydrogens is 471 g/mol. The van der Waals surface area contributed by atoms with Crippen molar-refractivity contribution in [2.75, 3.05) is 18.2 Å². The Morgan fingerprint density at radius 1 is 1.12 bits per heavy atom. The highest BCUT2D eigenvalue weighted by molar-refractivity contribution is 7.99. The molecule has 0 saturated carbocycles. The molecule has 4 aromatic rings. The number of carbonyl (C=O) groups is 1. The van der Waals surface area contributed by atoms with Crippen molar-refractivity contribution in [3.8, 4) is 22.8 Å². The van der Waals surface area contributed by atoms with Crippen LogP contribution in [0.2, 0.25) is 10.0 Å². The number of rotatable bonds is 7. The predicted octanol–water partition coefficient (Wildman–Crippen LogP) is 4.77. The Morgan fingerprint density at radius 3 is 2.56 bits per heavy atom. The molecule has 0 radical (unpaired) electrons. The van der Waals surface area contributed by atoms with Crippen LogP contribution in [0, 0.1) is 0 Å². The summed E-state index contributed by atoms with van der Waals surface area (Å²) in [5.41, 5.74) is 1.67. The van der Waals surface area contributed by atoms with E-state index in [0.717, 1.165) is 17.0 Å². The fourth-order valence-corrected chi connectivity index (χ4v) is 4.00. The first-order valence-electron chi connectivity index (χ1n) is 9.29. The lowest BCUT2D eigenvalue weighted by Gasteiger charge is -2.11. The summed E-state index contributed by atoms with van der Waals surface area (Å²) in [6, 6.07) is 12.7. The molecular formula is C21H16Cl2N6O2S. The average Bonchev–Trinajstić information content (AvgIpc) is 3.24. The number of nitrogens with zero attached hydrogens (tertiary/aromatic N) is 5. The Kier molecular flexibility index (Phi) is 6.89. The summed E-state index contributed by atoms with van der Waals surface area (Å²) in [6.07, 6.45) is 4.79. The van der Waals surface area contributed by atoms with Crippen LogP contribution >= 0.6 is 35.0 Å². The largest absolute Gasteiger partial charge is 0.497 e. The van der Waals surface area contributed by atoms with Gasteiger partial charge in [-0.3, -0.25) is 14.3 Å². The van der Waals surface area contributed by atoms with Crippen LogP contribution in [0.4, 0.5) is 5.82 Å². The standard InChI is InChI=1S/C21H16Cl2N6O2S/c1-31-16-4-2-15(3-5-16)29-20(13-6-8-24-9-7-13)27-28-21(29)32-12-18(30)26-19-17(23)10-14(22)11-25-19/h2-11H,12H2,1H3,(H,25,26,30). The van der Waals surface area contributed by atoms with Crippen molar-refractivity contribution in [2.45, 2.75) is 5.16 Å². The van der Waals surface area contributed by atoms with Gasteiger partial charge in [-0.1, -0.05) is 35.0 Å². The average molecular weight is 487 g/mol. The van der Waals surface area contributed by atoms with E-state index in [0.29, 0.717) is 16.0 Å². The highest BCUT2D eigenvalue weighted by Crippen LogP contribution is 2.29. The molecule has 32 heavy (non-hydrogen) atoms. The first-order chi connectivity index (χ1) is 15.5. The van der Waals surface area contributed by atoms with Gasteiger partial charge < -0.3 is 10.1 Å². The summed E-state index contributed by atoms with van der Waals surface area (Å²) in [4.78, 5) is 20.6. The lowest BCUT2D eigenvalue weighted by molar-refractivity contribution is -0.113. The number of carbonyl (C=O) groups excluding carboxylic acids is 1. The minimum atomic E-state index is -0.290. The normalized spacial score (nSPS) is 10.7. The SMILES string of the molecule is COc1ccc(-n2c(SCC(=O)Nc3ncc(Cl)cc3Cl)nnc2-c2ccncc2)cc1. The Morgan fingerprint density at radius 2 is 1.88 bits per heavy atom. The lowest BCUT2D eigenvalue weighted by Crippen LogP contribution is -2.15. The lowest BCUT2D eigenvalue weighted by atomic mass is 10.2. The van der Waals surface area contributed by atoms with E-state index in [9.17, 15) is 4.79 Å². The van der Waals surface area contributed by atoms with Crippen LogP contribution in [0.25, 0.3) is 17.1 Å². The molecule has 1 aromatic carbocycles. The van der Waals surface area contributed by atoms with E-state index >= 15 is 0 Å². The van der Waals surface area contributed by atoms with E-state index in [4.69, 9.17) is 27.9 Å². The van der Waals surface area contributed by atoms with E-state index in [1.165, 1.54) is 24.0 Å². The van der Waals surface area contributed by atoms with E-state index in [-0.39, 0.29) is 22.5 Å². The minimum Gasteiger partial charge on any atom is -0.497 e. The second kappa shape index (κ2) is 9.99. The summed E-state index contributed by atoms with van der Waals surface area (Å²) in [7, 11) is 1.61. The third-order valence-electron chi connectivity index (χ3n) is 4.30. The molecule has 0 aliphatic heterocycles. The number of ether oxygens (including phenoxy) is 1. The van der Waals surface area contributed by atoms with Crippen LogP contribution in [0.1, 0.15) is 0 Å². The minimum absolute atomic E-state index is 0.0747. The topological polar surface area (TPSA) is 94.8 Å². The number of methoxy groups -OCH3 is 1. The molecule has 0 fully saturated rings. The summed E-state index contributed by atoms with van der Waals surface area (Å²) >= 11 is 13.2. The van der Waals surface area contributed by atoms with Crippen molar-refractivity contribution in [1.82, 2.24) is 24.7 Å². The van der Waals surface area contributed by atoms with Crippen LogP contribution in [0.15, 0.2) is 66.2 Å². The molecule has 0 atom stereocenters. The van der Waals surface area contributed by atoms with E-state index < -0.39 is 0 Å². The Bertz CT molecular complexity index is 1240. The quantitative estimate of drug-likeness (QED) is 0.375. The van der Waals surface area contributed by atoms with Gasteiger partial charge in [-0.15, -0.1) is 10.2 Å². The molecule has 162 valence electrons. The molecule has 0 bridgehead atoms. The summed E-state index contributed by atoms with van der Waals surface area (Å²) in [5, 5.41) is 12.5. The molecule has 8 nitrogen and oxygen atoms in total. The van der Waals surface area contributed by atoms with Gasteiger partial charge >= 0.3 is 0 Å². The first kappa shape index (κ1) is 22.1. The maximum absolute atomic E-state index is 12.5. The Balaban J connectivity index is 1.59. The Labute approximate surface area is 198 Å². The maximum Gasteiger partial charge on any atom is 0.236 e. The Hall–Kier alpha value is -3.14. The first-order valence-corrected chi connectivity index (χ1v) is 11.0. The number of amides is 1. The van der Waals surface area contributed by atoms with E-state index in [1.54, 1.807) is 19.5 Å². The zero-order chi connectivity index (χ0) is 22.5. The fraction of sp³-hybridized carbons (Fsp3) is 0.0952. The number of hydrogen-bond acceptors (Lipinski definition) is 7. The monoisotopic (exact) mass is 486 g/mol. The van der Waals surface area contributed by atoms with Gasteiger partial charge in [-0.05, 0) is 42.5 Å². The van der Waals surface area contributed by atoms with Crippen LogP contribution in [0.5, 0.6) is 5.75 Å². The molecule has 0 spiro atoms. The van der Waals surface area contributed by atoms with Crippen molar-refractivity contribution < 1.29 is 9.53 Å². The summed E-state index contributed by atoms with van der Waals surface area (Å²) < 4.78 is 7.13. The predicted molar refractivity (Wildman–Crippen MR) is 125 cm³/mol. The second-order valence-electron chi connectivity index (χ2n) is 6.40. The summed E-state index contributed by atoms with van der Waals surface area (Å²) in [5.74, 6) is 1.39. The van der Waals surface area contributed by atoms with Crippen LogP contribution in [0.3, 0.4) is 0 Å². The highest BCUT2D eigenvalue weighted by Gasteiger charge is 2.18. The van der Waals surface area contributed by atoms with Crippen molar-refractivity contribution in [3.63, 3.8) is 0 Å². The number of hydrogen-bond donors (Lipinski definition) is 1. The number of anilines is 1. The van der Waals surface area contributed by atoms with Gasteiger partial charge in [-0.25, -0.2) is 4.98 Å². The summed E-state index contributed by atoms with van der Waals surface area (Å²) in [6.45, 7) is 0. The van der Waals surface area contributed by atoms with Crippen molar-refractivity contribution in [1.29, 1.82) is 0 Å². The second-order valence-corrected chi connectivity index (χ2v) is 8.18. The van der Waals surface area contributed by atoms with Crippen LogP contribution in [-0.4, -0.2) is 43.5 Å². The van der Waals surface area contributed by atoms with Crippen molar-refractivity contribution in [2.24, 2.45) is 0 Å². The molecule has 11 heteroatoms. The molecule has 1 amide bonds. The van der Waals surface area contributed by atoms with Gasteiger partial charge in [0.25, 0.3) is 0 Å². The van der Waals surface area contributed by atoms with Crippen LogP contribution in [-0.2, 0) is 4.79 Å². The van der Waals surface area contributed by atoms with Gasteiger partial charge in [-0.2, -0.15) is 0 Å². The zero-order valence-electron chi connectivity index (χ0n) is 16.7. The van der Waals surface area contributed by atoms with Gasteiger partial charge in [0.05, 0.1) is 22.9 Å². The van der Waals surface area contributed by atoms with E-state index in [1.807, 2.05) is 41.0 Å². The molecule has 0 aliphatic carbocycles. The number of benzene rings is 1. The highest BCUT2D eigenvalue weighted by atomic mass is 35.5. The molecule has 0 unspecified atom stereocenters.